The van der Waals surface area contributed by atoms with Crippen LogP contribution in [0.15, 0.2) is 36.4 Å². The molecule has 0 saturated heterocycles. The lowest BCUT2D eigenvalue weighted by Gasteiger charge is -2.15. The first kappa shape index (κ1) is 19.6. The van der Waals surface area contributed by atoms with E-state index in [0.717, 1.165) is 0 Å². The number of halogens is 1. The molecule has 0 bridgehead atoms. The Morgan fingerprint density at radius 3 is 2.42 bits per heavy atom. The molecule has 138 valence electrons. The molecule has 0 heterocycles. The van der Waals surface area contributed by atoms with Gasteiger partial charge in [-0.05, 0) is 44.2 Å². The third-order valence-electron chi connectivity index (χ3n) is 3.64. The Bertz CT molecular complexity index is 804. The van der Waals surface area contributed by atoms with Crippen LogP contribution in [0.5, 0.6) is 11.5 Å². The quantitative estimate of drug-likeness (QED) is 0.449. The summed E-state index contributed by atoms with van der Waals surface area (Å²) in [5.74, 6) is -0.176. The molecule has 0 aromatic heterocycles. The second-order valence-electron chi connectivity index (χ2n) is 5.44. The van der Waals surface area contributed by atoms with E-state index in [2.05, 4.69) is 0 Å². The smallest absolute Gasteiger partial charge is 0.342 e. The van der Waals surface area contributed by atoms with Crippen molar-refractivity contribution in [3.63, 3.8) is 0 Å². The second-order valence-corrected chi connectivity index (χ2v) is 5.85. The van der Waals surface area contributed by atoms with Gasteiger partial charge >= 0.3 is 5.97 Å². The monoisotopic (exact) mass is 377 g/mol. The molecule has 26 heavy (non-hydrogen) atoms. The van der Waals surface area contributed by atoms with Crippen LogP contribution in [0.25, 0.3) is 0 Å². The highest BCUT2D eigenvalue weighted by molar-refractivity contribution is 6.33. The first-order valence-electron chi connectivity index (χ1n) is 7.98. The standard InChI is InChI=1S/C19H20ClNO5/c1-4-25-13-7-5-12(6-8-13)18(22)11(2)26-19(23)14-9-15(20)16(21)10-17(14)24-3/h5-11H,4,21H2,1-3H3. The summed E-state index contributed by atoms with van der Waals surface area (Å²) >= 11 is 5.96. The van der Waals surface area contributed by atoms with Crippen molar-refractivity contribution in [1.82, 2.24) is 0 Å². The van der Waals surface area contributed by atoms with Crippen molar-refractivity contribution in [3.05, 3.63) is 52.5 Å². The van der Waals surface area contributed by atoms with Crippen molar-refractivity contribution in [2.45, 2.75) is 20.0 Å². The summed E-state index contributed by atoms with van der Waals surface area (Å²) in [5, 5.41) is 0.197. The fourth-order valence-corrected chi connectivity index (χ4v) is 2.46. The summed E-state index contributed by atoms with van der Waals surface area (Å²) in [5.41, 5.74) is 6.48. The molecule has 0 aliphatic heterocycles. The average molecular weight is 378 g/mol. The summed E-state index contributed by atoms with van der Waals surface area (Å²) in [7, 11) is 1.40. The number of esters is 1. The van der Waals surface area contributed by atoms with E-state index in [9.17, 15) is 9.59 Å². The number of benzene rings is 2. The molecule has 7 heteroatoms. The molecule has 0 saturated carbocycles. The number of methoxy groups -OCH3 is 1. The van der Waals surface area contributed by atoms with Crippen LogP contribution in [-0.4, -0.2) is 31.6 Å². The van der Waals surface area contributed by atoms with Crippen LogP contribution in [0.4, 0.5) is 5.69 Å². The molecular formula is C19H20ClNO5. The first-order chi connectivity index (χ1) is 12.4. The van der Waals surface area contributed by atoms with E-state index in [0.29, 0.717) is 17.9 Å². The van der Waals surface area contributed by atoms with Gasteiger partial charge in [0.15, 0.2) is 6.10 Å². The number of Topliss-reactive ketones (excluding diaryl/α,β-unsaturated/α-hetero) is 1. The molecule has 1 atom stereocenters. The molecule has 0 spiro atoms. The number of ether oxygens (including phenoxy) is 3. The minimum atomic E-state index is -0.985. The fourth-order valence-electron chi connectivity index (χ4n) is 2.29. The number of ketones is 1. The van der Waals surface area contributed by atoms with Crippen molar-refractivity contribution in [3.8, 4) is 11.5 Å². The Labute approximate surface area is 156 Å². The number of hydrogen-bond acceptors (Lipinski definition) is 6. The molecule has 2 rings (SSSR count). The molecule has 0 aliphatic carbocycles. The Morgan fingerprint density at radius 2 is 1.85 bits per heavy atom. The fraction of sp³-hybridized carbons (Fsp3) is 0.263. The molecule has 2 N–H and O–H groups in total. The maximum Gasteiger partial charge on any atom is 0.342 e. The Hall–Kier alpha value is -2.73. The number of nitrogens with two attached hydrogens (primary N) is 1. The summed E-state index contributed by atoms with van der Waals surface area (Å²) in [6.45, 7) is 3.91. The van der Waals surface area contributed by atoms with E-state index in [1.807, 2.05) is 6.92 Å². The lowest BCUT2D eigenvalue weighted by molar-refractivity contribution is 0.0316. The van der Waals surface area contributed by atoms with E-state index in [1.165, 1.54) is 26.2 Å². The highest BCUT2D eigenvalue weighted by Gasteiger charge is 2.23. The molecule has 0 fully saturated rings. The van der Waals surface area contributed by atoms with Crippen LogP contribution in [0.2, 0.25) is 5.02 Å². The minimum absolute atomic E-state index is 0.0954. The highest BCUT2D eigenvalue weighted by atomic mass is 35.5. The number of rotatable bonds is 7. The third-order valence-corrected chi connectivity index (χ3v) is 3.97. The molecule has 1 unspecified atom stereocenters. The van der Waals surface area contributed by atoms with Gasteiger partial charge in [-0.2, -0.15) is 0 Å². The molecule has 2 aromatic rings. The predicted octanol–water partition coefficient (Wildman–Crippen LogP) is 3.76. The average Bonchev–Trinajstić information content (AvgIpc) is 2.63. The minimum Gasteiger partial charge on any atom is -0.496 e. The van der Waals surface area contributed by atoms with Gasteiger partial charge in [0.05, 0.1) is 24.4 Å². The van der Waals surface area contributed by atoms with Crippen LogP contribution in [0, 0.1) is 0 Å². The summed E-state index contributed by atoms with van der Waals surface area (Å²) in [6.07, 6.45) is -0.985. The lowest BCUT2D eigenvalue weighted by Crippen LogP contribution is -2.24. The number of nitrogen functional groups attached to an aromatic ring is 1. The van der Waals surface area contributed by atoms with Crippen LogP contribution < -0.4 is 15.2 Å². The third kappa shape index (κ3) is 4.46. The highest BCUT2D eigenvalue weighted by Crippen LogP contribution is 2.29. The molecular weight excluding hydrogens is 358 g/mol. The van der Waals surface area contributed by atoms with E-state index < -0.39 is 12.1 Å². The Morgan fingerprint density at radius 1 is 1.19 bits per heavy atom. The van der Waals surface area contributed by atoms with Gasteiger partial charge in [-0.1, -0.05) is 11.6 Å². The number of anilines is 1. The summed E-state index contributed by atoms with van der Waals surface area (Å²) in [6, 6.07) is 9.41. The normalized spacial score (nSPS) is 11.5. The van der Waals surface area contributed by atoms with E-state index in [4.69, 9.17) is 31.5 Å². The van der Waals surface area contributed by atoms with Crippen LogP contribution in [0.1, 0.15) is 34.6 Å². The number of hydrogen-bond donors (Lipinski definition) is 1. The van der Waals surface area contributed by atoms with Gasteiger partial charge in [-0.3, -0.25) is 4.79 Å². The van der Waals surface area contributed by atoms with E-state index >= 15 is 0 Å². The van der Waals surface area contributed by atoms with Crippen molar-refractivity contribution in [2.24, 2.45) is 0 Å². The SMILES string of the molecule is CCOc1ccc(C(=O)C(C)OC(=O)c2cc(Cl)c(N)cc2OC)cc1. The van der Waals surface area contributed by atoms with Crippen molar-refractivity contribution < 1.29 is 23.8 Å². The van der Waals surface area contributed by atoms with Gasteiger partial charge in [0.1, 0.15) is 17.1 Å². The second kappa shape index (κ2) is 8.58. The van der Waals surface area contributed by atoms with Crippen molar-refractivity contribution in [1.29, 1.82) is 0 Å². The maximum absolute atomic E-state index is 12.5. The maximum atomic E-state index is 12.5. The van der Waals surface area contributed by atoms with Crippen LogP contribution in [-0.2, 0) is 4.74 Å². The Balaban J connectivity index is 2.13. The van der Waals surface area contributed by atoms with Crippen LogP contribution >= 0.6 is 11.6 Å². The number of carbonyl (C=O) groups is 2. The zero-order chi connectivity index (χ0) is 19.3. The molecule has 0 radical (unpaired) electrons. The van der Waals surface area contributed by atoms with Gasteiger partial charge in [0, 0.05) is 11.6 Å². The largest absolute Gasteiger partial charge is 0.496 e. The topological polar surface area (TPSA) is 87.9 Å². The summed E-state index contributed by atoms with van der Waals surface area (Å²) in [4.78, 5) is 24.9. The lowest BCUT2D eigenvalue weighted by atomic mass is 10.1. The molecule has 2 aromatic carbocycles. The van der Waals surface area contributed by atoms with Gasteiger partial charge in [-0.25, -0.2) is 4.79 Å². The summed E-state index contributed by atoms with van der Waals surface area (Å²) < 4.78 is 15.7. The van der Waals surface area contributed by atoms with E-state index in [1.54, 1.807) is 24.3 Å². The van der Waals surface area contributed by atoms with Crippen molar-refractivity contribution in [2.75, 3.05) is 19.5 Å². The van der Waals surface area contributed by atoms with Gasteiger partial charge in [0.25, 0.3) is 0 Å². The van der Waals surface area contributed by atoms with Crippen molar-refractivity contribution >= 4 is 29.0 Å². The number of carbonyl (C=O) groups excluding carboxylic acids is 2. The molecule has 0 aliphatic rings. The van der Waals surface area contributed by atoms with Crippen LogP contribution in [0.3, 0.4) is 0 Å². The van der Waals surface area contributed by atoms with Gasteiger partial charge in [-0.15, -0.1) is 0 Å². The Kier molecular flexibility index (Phi) is 6.46. The zero-order valence-electron chi connectivity index (χ0n) is 14.7. The zero-order valence-corrected chi connectivity index (χ0v) is 15.5. The first-order valence-corrected chi connectivity index (χ1v) is 8.36. The van der Waals surface area contributed by atoms with Gasteiger partial charge in [0.2, 0.25) is 5.78 Å². The predicted molar refractivity (Wildman–Crippen MR) is 99.2 cm³/mol. The van der Waals surface area contributed by atoms with Gasteiger partial charge < -0.3 is 19.9 Å². The molecule has 6 nitrogen and oxygen atoms in total. The van der Waals surface area contributed by atoms with E-state index in [-0.39, 0.29) is 27.8 Å². The molecule has 0 amide bonds.